The van der Waals surface area contributed by atoms with Gasteiger partial charge in [-0.05, 0) is 30.3 Å². The van der Waals surface area contributed by atoms with Crippen molar-refractivity contribution in [2.24, 2.45) is 0 Å². The van der Waals surface area contributed by atoms with Gasteiger partial charge in [0.05, 0.1) is 11.2 Å². The molecule has 0 fully saturated rings. The van der Waals surface area contributed by atoms with Gasteiger partial charge in [0.2, 0.25) is 0 Å². The minimum Gasteiger partial charge on any atom is -0.504 e. The van der Waals surface area contributed by atoms with Gasteiger partial charge in [-0.2, -0.15) is 5.26 Å². The van der Waals surface area contributed by atoms with E-state index < -0.39 is 5.56 Å². The molecular formula is C19H12N4O2. The van der Waals surface area contributed by atoms with Gasteiger partial charge in [0.1, 0.15) is 11.6 Å². The van der Waals surface area contributed by atoms with Crippen LogP contribution in [0, 0.1) is 11.3 Å². The van der Waals surface area contributed by atoms with E-state index in [1.807, 2.05) is 42.5 Å². The molecule has 0 atom stereocenters. The van der Waals surface area contributed by atoms with Crippen molar-refractivity contribution in [1.82, 2.24) is 14.5 Å². The number of fused-ring (bicyclic) bond motifs is 1. The standard InChI is InChI=1S/C19H12N4O2/c20-11-14-18(24)17-16(22-19(14)25)8-10-23(17)13-6-4-12(5-7-13)15-3-1-2-9-21-15/h1-10H,(H2,22,24,25). The average Bonchev–Trinajstić information content (AvgIpc) is 3.07. The van der Waals surface area contributed by atoms with E-state index in [1.165, 1.54) is 0 Å². The molecule has 4 rings (SSSR count). The molecule has 0 bridgehead atoms. The van der Waals surface area contributed by atoms with Crippen LogP contribution in [0.5, 0.6) is 5.75 Å². The molecule has 2 N–H and O–H groups in total. The summed E-state index contributed by atoms with van der Waals surface area (Å²) in [6.07, 6.45) is 3.47. The zero-order chi connectivity index (χ0) is 17.4. The van der Waals surface area contributed by atoms with E-state index in [2.05, 4.69) is 9.97 Å². The van der Waals surface area contributed by atoms with Crippen LogP contribution in [0.2, 0.25) is 0 Å². The summed E-state index contributed by atoms with van der Waals surface area (Å²) in [5.41, 5.74) is 2.59. The number of benzene rings is 1. The molecule has 0 aliphatic rings. The summed E-state index contributed by atoms with van der Waals surface area (Å²) in [5, 5.41) is 19.4. The van der Waals surface area contributed by atoms with Crippen LogP contribution in [0.1, 0.15) is 5.56 Å². The molecule has 0 unspecified atom stereocenters. The molecule has 3 heterocycles. The van der Waals surface area contributed by atoms with Crippen molar-refractivity contribution in [3.8, 4) is 28.8 Å². The smallest absolute Gasteiger partial charge is 0.270 e. The first-order chi connectivity index (χ1) is 12.2. The highest BCUT2D eigenvalue weighted by molar-refractivity contribution is 5.86. The number of H-pyrrole nitrogens is 1. The molecule has 1 aromatic carbocycles. The van der Waals surface area contributed by atoms with Crippen LogP contribution in [0.15, 0.2) is 65.7 Å². The van der Waals surface area contributed by atoms with E-state index in [4.69, 9.17) is 5.26 Å². The fraction of sp³-hybridized carbons (Fsp3) is 0. The summed E-state index contributed by atoms with van der Waals surface area (Å²) < 4.78 is 1.73. The minimum atomic E-state index is -0.601. The van der Waals surface area contributed by atoms with Crippen LogP contribution >= 0.6 is 0 Å². The first-order valence-electron chi connectivity index (χ1n) is 7.57. The zero-order valence-corrected chi connectivity index (χ0v) is 13.0. The van der Waals surface area contributed by atoms with Gasteiger partial charge >= 0.3 is 0 Å². The first kappa shape index (κ1) is 14.7. The largest absolute Gasteiger partial charge is 0.504 e. The Kier molecular flexibility index (Phi) is 3.33. The third kappa shape index (κ3) is 2.35. The lowest BCUT2D eigenvalue weighted by Crippen LogP contribution is -2.10. The number of rotatable bonds is 2. The Morgan fingerprint density at radius 3 is 2.60 bits per heavy atom. The van der Waals surface area contributed by atoms with E-state index in [-0.39, 0.29) is 11.3 Å². The summed E-state index contributed by atoms with van der Waals surface area (Å²) in [7, 11) is 0. The average molecular weight is 328 g/mol. The number of aromatic amines is 1. The van der Waals surface area contributed by atoms with Crippen LogP contribution in [-0.4, -0.2) is 19.6 Å². The lowest BCUT2D eigenvalue weighted by molar-refractivity contribution is 0.476. The predicted octanol–water partition coefficient (Wildman–Crippen LogP) is 2.96. The Labute approximate surface area is 142 Å². The normalized spacial score (nSPS) is 10.7. The second-order valence-electron chi connectivity index (χ2n) is 5.50. The summed E-state index contributed by atoms with van der Waals surface area (Å²) in [4.78, 5) is 18.7. The Morgan fingerprint density at radius 1 is 1.12 bits per heavy atom. The second kappa shape index (κ2) is 5.65. The molecule has 0 radical (unpaired) electrons. The molecule has 3 aromatic heterocycles. The highest BCUT2D eigenvalue weighted by Crippen LogP contribution is 2.29. The van der Waals surface area contributed by atoms with Crippen molar-refractivity contribution in [2.45, 2.75) is 0 Å². The number of pyridine rings is 2. The van der Waals surface area contributed by atoms with Crippen molar-refractivity contribution < 1.29 is 5.11 Å². The fourth-order valence-corrected chi connectivity index (χ4v) is 2.83. The molecular weight excluding hydrogens is 316 g/mol. The SMILES string of the molecule is N#Cc1c(O)c2c(ccn2-c2ccc(-c3ccccn3)cc2)[nH]c1=O. The van der Waals surface area contributed by atoms with Crippen molar-refractivity contribution in [2.75, 3.05) is 0 Å². The highest BCUT2D eigenvalue weighted by atomic mass is 16.3. The quantitative estimate of drug-likeness (QED) is 0.591. The van der Waals surface area contributed by atoms with E-state index in [9.17, 15) is 9.90 Å². The molecule has 120 valence electrons. The minimum absolute atomic E-state index is 0.294. The van der Waals surface area contributed by atoms with Crippen LogP contribution in [0.4, 0.5) is 0 Å². The molecule has 0 amide bonds. The van der Waals surface area contributed by atoms with E-state index in [1.54, 1.807) is 29.1 Å². The Bertz CT molecular complexity index is 1170. The van der Waals surface area contributed by atoms with Crippen LogP contribution in [-0.2, 0) is 0 Å². The fourth-order valence-electron chi connectivity index (χ4n) is 2.83. The molecule has 0 saturated carbocycles. The molecule has 25 heavy (non-hydrogen) atoms. The van der Waals surface area contributed by atoms with Crippen molar-refractivity contribution in [3.63, 3.8) is 0 Å². The topological polar surface area (TPSA) is 94.7 Å². The first-order valence-corrected chi connectivity index (χ1v) is 7.57. The van der Waals surface area contributed by atoms with Gasteiger partial charge in [-0.3, -0.25) is 9.78 Å². The number of hydrogen-bond donors (Lipinski definition) is 2. The van der Waals surface area contributed by atoms with E-state index in [0.29, 0.717) is 11.0 Å². The number of nitrogens with zero attached hydrogens (tertiary/aromatic N) is 3. The van der Waals surface area contributed by atoms with Crippen molar-refractivity contribution >= 4 is 11.0 Å². The Hall–Kier alpha value is -3.85. The summed E-state index contributed by atoms with van der Waals surface area (Å²) in [5.74, 6) is -0.319. The second-order valence-corrected chi connectivity index (χ2v) is 5.50. The van der Waals surface area contributed by atoms with Gasteiger partial charge in [-0.1, -0.05) is 18.2 Å². The predicted molar refractivity (Wildman–Crippen MR) is 93.5 cm³/mol. The van der Waals surface area contributed by atoms with Gasteiger partial charge in [0.25, 0.3) is 5.56 Å². The van der Waals surface area contributed by atoms with Crippen molar-refractivity contribution in [3.05, 3.63) is 76.8 Å². The third-order valence-corrected chi connectivity index (χ3v) is 4.04. The molecule has 0 spiro atoms. The van der Waals surface area contributed by atoms with Crippen LogP contribution in [0.3, 0.4) is 0 Å². The lowest BCUT2D eigenvalue weighted by Gasteiger charge is -2.08. The Balaban J connectivity index is 1.86. The summed E-state index contributed by atoms with van der Waals surface area (Å²) in [6, 6.07) is 16.8. The monoisotopic (exact) mass is 328 g/mol. The molecule has 4 aromatic rings. The maximum absolute atomic E-state index is 11.8. The number of aromatic hydroxyl groups is 1. The molecule has 6 heteroatoms. The highest BCUT2D eigenvalue weighted by Gasteiger charge is 2.15. The summed E-state index contributed by atoms with van der Waals surface area (Å²) in [6.45, 7) is 0. The van der Waals surface area contributed by atoms with Gasteiger partial charge < -0.3 is 14.7 Å². The Morgan fingerprint density at radius 2 is 1.92 bits per heavy atom. The number of nitriles is 1. The maximum Gasteiger partial charge on any atom is 0.270 e. The molecule has 0 saturated heterocycles. The number of hydrogen-bond acceptors (Lipinski definition) is 4. The van der Waals surface area contributed by atoms with Crippen molar-refractivity contribution in [1.29, 1.82) is 5.26 Å². The number of nitrogens with one attached hydrogen (secondary N) is 1. The van der Waals surface area contributed by atoms with Gasteiger partial charge in [-0.25, -0.2) is 0 Å². The number of aromatic nitrogens is 3. The van der Waals surface area contributed by atoms with E-state index in [0.717, 1.165) is 16.9 Å². The molecule has 0 aliphatic carbocycles. The van der Waals surface area contributed by atoms with Gasteiger partial charge in [0, 0.05) is 23.6 Å². The molecule has 6 nitrogen and oxygen atoms in total. The van der Waals surface area contributed by atoms with Crippen LogP contribution in [0.25, 0.3) is 28.0 Å². The van der Waals surface area contributed by atoms with Gasteiger partial charge in [-0.15, -0.1) is 0 Å². The van der Waals surface area contributed by atoms with Gasteiger partial charge in [0.15, 0.2) is 11.3 Å². The zero-order valence-electron chi connectivity index (χ0n) is 13.0. The maximum atomic E-state index is 11.8. The van der Waals surface area contributed by atoms with E-state index >= 15 is 0 Å². The third-order valence-electron chi connectivity index (χ3n) is 4.04. The molecule has 0 aliphatic heterocycles. The lowest BCUT2D eigenvalue weighted by atomic mass is 10.1. The van der Waals surface area contributed by atoms with Crippen LogP contribution < -0.4 is 5.56 Å². The summed E-state index contributed by atoms with van der Waals surface area (Å²) >= 11 is 0.